The molecule has 0 fully saturated rings. The van der Waals surface area contributed by atoms with Crippen LogP contribution in [0.25, 0.3) is 5.69 Å². The van der Waals surface area contributed by atoms with Gasteiger partial charge in [0.15, 0.2) is 0 Å². The minimum absolute atomic E-state index is 0.0531. The van der Waals surface area contributed by atoms with Crippen molar-refractivity contribution in [3.63, 3.8) is 0 Å². The summed E-state index contributed by atoms with van der Waals surface area (Å²) >= 11 is 12.1. The number of nitrogens with zero attached hydrogens (tertiary/aromatic N) is 3. The van der Waals surface area contributed by atoms with Gasteiger partial charge in [-0.1, -0.05) is 41.4 Å². The molecule has 0 radical (unpaired) electrons. The van der Waals surface area contributed by atoms with Crippen molar-refractivity contribution < 1.29 is 9.21 Å². The molecule has 4 rings (SSSR count). The zero-order valence-electron chi connectivity index (χ0n) is 16.5. The van der Waals surface area contributed by atoms with E-state index < -0.39 is 22.9 Å². The topological polar surface area (TPSA) is 99.1 Å². The molecule has 10 heteroatoms. The minimum atomic E-state index is -0.829. The molecule has 1 amide bonds. The predicted molar refractivity (Wildman–Crippen MR) is 120 cm³/mol. The van der Waals surface area contributed by atoms with E-state index >= 15 is 0 Å². The first-order valence-electron chi connectivity index (χ1n) is 9.47. The summed E-state index contributed by atoms with van der Waals surface area (Å²) in [5.41, 5.74) is -1.08. The van der Waals surface area contributed by atoms with Crippen LogP contribution in [0.1, 0.15) is 21.8 Å². The first kappa shape index (κ1) is 21.6. The van der Waals surface area contributed by atoms with Crippen LogP contribution in [0.3, 0.4) is 0 Å². The monoisotopic (exact) mass is 470 g/mol. The zero-order chi connectivity index (χ0) is 22.7. The normalized spacial score (nSPS) is 10.8. The molecule has 0 spiro atoms. The lowest BCUT2D eigenvalue weighted by Crippen LogP contribution is -2.46. The number of rotatable bonds is 6. The quantitative estimate of drug-likeness (QED) is 0.466. The Morgan fingerprint density at radius 1 is 1.00 bits per heavy atom. The summed E-state index contributed by atoms with van der Waals surface area (Å²) < 4.78 is 7.09. The van der Waals surface area contributed by atoms with Gasteiger partial charge in [0.05, 0.1) is 25.0 Å². The van der Waals surface area contributed by atoms with E-state index in [1.807, 2.05) is 0 Å². The SMILES string of the molecule is O=C(NCc1ccco1)c1nn(-c2cccc(Cl)c2)c(=O)n(Cc2cccc(Cl)c2)c1=O. The number of benzene rings is 2. The van der Waals surface area contributed by atoms with Crippen LogP contribution < -0.4 is 16.6 Å². The van der Waals surface area contributed by atoms with E-state index in [0.29, 0.717) is 27.1 Å². The molecule has 2 heterocycles. The first-order chi connectivity index (χ1) is 15.4. The van der Waals surface area contributed by atoms with Gasteiger partial charge in [-0.3, -0.25) is 14.2 Å². The van der Waals surface area contributed by atoms with Gasteiger partial charge in [-0.15, -0.1) is 0 Å². The Bertz CT molecular complexity index is 1390. The van der Waals surface area contributed by atoms with Gasteiger partial charge < -0.3 is 9.73 Å². The van der Waals surface area contributed by atoms with Gasteiger partial charge in [-0.05, 0) is 48.0 Å². The summed E-state index contributed by atoms with van der Waals surface area (Å²) in [4.78, 5) is 39.0. The highest BCUT2D eigenvalue weighted by Crippen LogP contribution is 2.13. The molecule has 162 valence electrons. The molecular weight excluding hydrogens is 455 g/mol. The molecule has 1 N–H and O–H groups in total. The van der Waals surface area contributed by atoms with Crippen LogP contribution in [0, 0.1) is 0 Å². The number of aromatic nitrogens is 3. The fourth-order valence-electron chi connectivity index (χ4n) is 3.05. The molecule has 4 aromatic rings. The highest BCUT2D eigenvalue weighted by Gasteiger charge is 2.21. The van der Waals surface area contributed by atoms with Gasteiger partial charge in [0, 0.05) is 10.0 Å². The third-order valence-corrected chi connectivity index (χ3v) is 5.03. The van der Waals surface area contributed by atoms with Crippen molar-refractivity contribution in [2.24, 2.45) is 0 Å². The molecule has 0 unspecified atom stereocenters. The van der Waals surface area contributed by atoms with Crippen LogP contribution in [0.2, 0.25) is 10.0 Å². The second-order valence-electron chi connectivity index (χ2n) is 6.81. The number of carbonyl (C=O) groups is 1. The maximum atomic E-state index is 13.2. The van der Waals surface area contributed by atoms with Crippen molar-refractivity contribution in [3.8, 4) is 5.69 Å². The van der Waals surface area contributed by atoms with Gasteiger partial charge in [0.1, 0.15) is 5.76 Å². The Kier molecular flexibility index (Phi) is 6.25. The summed E-state index contributed by atoms with van der Waals surface area (Å²) in [7, 11) is 0. The summed E-state index contributed by atoms with van der Waals surface area (Å²) in [6, 6.07) is 16.5. The molecule has 2 aromatic carbocycles. The lowest BCUT2D eigenvalue weighted by atomic mass is 10.2. The Labute approximate surface area is 191 Å². The molecule has 0 saturated heterocycles. The maximum absolute atomic E-state index is 13.2. The van der Waals surface area contributed by atoms with E-state index in [1.165, 1.54) is 12.3 Å². The van der Waals surface area contributed by atoms with Crippen molar-refractivity contribution in [3.05, 3.63) is 115 Å². The Morgan fingerprint density at radius 2 is 1.75 bits per heavy atom. The second-order valence-corrected chi connectivity index (χ2v) is 7.68. The first-order valence-corrected chi connectivity index (χ1v) is 10.2. The average Bonchev–Trinajstić information content (AvgIpc) is 3.29. The van der Waals surface area contributed by atoms with E-state index in [2.05, 4.69) is 10.4 Å². The molecule has 0 aliphatic heterocycles. The van der Waals surface area contributed by atoms with Crippen molar-refractivity contribution in [1.29, 1.82) is 0 Å². The molecular formula is C22H16Cl2N4O4. The van der Waals surface area contributed by atoms with Crippen LogP contribution >= 0.6 is 23.2 Å². The van der Waals surface area contributed by atoms with E-state index in [9.17, 15) is 14.4 Å². The number of nitrogens with one attached hydrogen (secondary N) is 1. The largest absolute Gasteiger partial charge is 0.467 e. The molecule has 0 atom stereocenters. The van der Waals surface area contributed by atoms with Crippen LogP contribution in [-0.4, -0.2) is 20.3 Å². The van der Waals surface area contributed by atoms with Gasteiger partial charge in [-0.2, -0.15) is 9.78 Å². The number of hydrogen-bond acceptors (Lipinski definition) is 5. The predicted octanol–water partition coefficient (Wildman–Crippen LogP) is 3.27. The molecule has 0 saturated carbocycles. The second kappa shape index (κ2) is 9.25. The minimum Gasteiger partial charge on any atom is -0.467 e. The van der Waals surface area contributed by atoms with Crippen LogP contribution in [0.4, 0.5) is 0 Å². The van der Waals surface area contributed by atoms with E-state index in [0.717, 1.165) is 9.25 Å². The summed E-state index contributed by atoms with van der Waals surface area (Å²) in [6.07, 6.45) is 1.47. The summed E-state index contributed by atoms with van der Waals surface area (Å²) in [5, 5.41) is 7.45. The molecule has 0 aliphatic carbocycles. The van der Waals surface area contributed by atoms with Gasteiger partial charge in [0.25, 0.3) is 11.5 Å². The number of hydrogen-bond donors (Lipinski definition) is 1. The van der Waals surface area contributed by atoms with Crippen LogP contribution in [0.15, 0.2) is 80.9 Å². The third-order valence-electron chi connectivity index (χ3n) is 4.56. The molecule has 32 heavy (non-hydrogen) atoms. The zero-order valence-corrected chi connectivity index (χ0v) is 18.0. The van der Waals surface area contributed by atoms with E-state index in [-0.39, 0.29) is 13.1 Å². The molecule has 8 nitrogen and oxygen atoms in total. The Balaban J connectivity index is 1.81. The lowest BCUT2D eigenvalue weighted by molar-refractivity contribution is 0.0938. The van der Waals surface area contributed by atoms with E-state index in [1.54, 1.807) is 54.6 Å². The number of amides is 1. The average molecular weight is 471 g/mol. The highest BCUT2D eigenvalue weighted by atomic mass is 35.5. The van der Waals surface area contributed by atoms with Gasteiger partial charge >= 0.3 is 5.69 Å². The third kappa shape index (κ3) is 4.66. The van der Waals surface area contributed by atoms with Crippen molar-refractivity contribution >= 4 is 29.1 Å². The van der Waals surface area contributed by atoms with Crippen molar-refractivity contribution in [2.75, 3.05) is 0 Å². The van der Waals surface area contributed by atoms with Crippen LogP contribution in [0.5, 0.6) is 0 Å². The Morgan fingerprint density at radius 3 is 2.44 bits per heavy atom. The fraction of sp³-hybridized carbons (Fsp3) is 0.0909. The van der Waals surface area contributed by atoms with E-state index in [4.69, 9.17) is 27.6 Å². The summed E-state index contributed by atoms with van der Waals surface area (Å²) in [6.45, 7) is -0.0443. The van der Waals surface area contributed by atoms with Gasteiger partial charge in [0.2, 0.25) is 5.69 Å². The van der Waals surface area contributed by atoms with Crippen molar-refractivity contribution in [2.45, 2.75) is 13.1 Å². The number of carbonyl (C=O) groups excluding carboxylic acids is 1. The van der Waals surface area contributed by atoms with Gasteiger partial charge in [-0.25, -0.2) is 4.79 Å². The molecule has 0 bridgehead atoms. The number of furan rings is 1. The highest BCUT2D eigenvalue weighted by molar-refractivity contribution is 6.31. The molecule has 0 aliphatic rings. The fourth-order valence-corrected chi connectivity index (χ4v) is 3.45. The maximum Gasteiger partial charge on any atom is 0.352 e. The Hall–Kier alpha value is -3.62. The van der Waals surface area contributed by atoms with Crippen LogP contribution in [-0.2, 0) is 13.1 Å². The standard InChI is InChI=1S/C22H16Cl2N4O4/c23-15-5-1-4-14(10-15)13-27-21(30)19(20(29)25-12-18-8-3-9-32-18)26-28(22(27)31)17-7-2-6-16(24)11-17/h1-11H,12-13H2,(H,25,29). The van der Waals surface area contributed by atoms with Crippen molar-refractivity contribution in [1.82, 2.24) is 19.7 Å². The summed E-state index contributed by atoms with van der Waals surface area (Å²) in [5.74, 6) is -0.247. The molecule has 2 aromatic heterocycles. The lowest BCUT2D eigenvalue weighted by Gasteiger charge is -2.12. The smallest absolute Gasteiger partial charge is 0.352 e. The number of halogens is 2.